The molecule has 4 nitrogen and oxygen atoms in total. The molecule has 2 N–H and O–H groups in total. The molecular formula is C13H16N4S. The molecule has 5 heteroatoms. The Hall–Kier alpha value is -1.46. The summed E-state index contributed by atoms with van der Waals surface area (Å²) in [7, 11) is 0. The summed E-state index contributed by atoms with van der Waals surface area (Å²) in [6, 6.07) is 6.40. The van der Waals surface area contributed by atoms with Crippen LogP contribution in [0.2, 0.25) is 0 Å². The van der Waals surface area contributed by atoms with Crippen LogP contribution in [0.4, 0.5) is 10.8 Å². The van der Waals surface area contributed by atoms with Gasteiger partial charge in [-0.1, -0.05) is 19.1 Å². The molecule has 18 heavy (non-hydrogen) atoms. The molecule has 94 valence electrons. The Morgan fingerprint density at radius 3 is 3.22 bits per heavy atom. The van der Waals surface area contributed by atoms with E-state index in [4.69, 9.17) is 0 Å². The monoisotopic (exact) mass is 260 g/mol. The molecule has 2 heterocycles. The minimum absolute atomic E-state index is 0.884. The Labute approximate surface area is 111 Å². The number of benzene rings is 1. The first-order chi connectivity index (χ1) is 8.86. The van der Waals surface area contributed by atoms with Crippen molar-refractivity contribution in [2.24, 2.45) is 0 Å². The molecule has 0 saturated carbocycles. The number of aromatic nitrogens is 2. The lowest BCUT2D eigenvalue weighted by atomic mass is 9.99. The normalized spacial score (nSPS) is 14.3. The van der Waals surface area contributed by atoms with Gasteiger partial charge in [0.05, 0.1) is 0 Å². The lowest BCUT2D eigenvalue weighted by molar-refractivity contribution is 0.645. The number of aryl methyl sites for hydroxylation is 1. The largest absolute Gasteiger partial charge is 0.330 e. The van der Waals surface area contributed by atoms with Crippen LogP contribution in [0.1, 0.15) is 23.9 Å². The first kappa shape index (κ1) is 11.6. The zero-order valence-electron chi connectivity index (χ0n) is 10.4. The van der Waals surface area contributed by atoms with E-state index in [2.05, 4.69) is 45.1 Å². The van der Waals surface area contributed by atoms with Crippen molar-refractivity contribution in [3.63, 3.8) is 0 Å². The number of anilines is 2. The van der Waals surface area contributed by atoms with Gasteiger partial charge in [-0.25, -0.2) is 4.98 Å². The maximum absolute atomic E-state index is 4.45. The van der Waals surface area contributed by atoms with Gasteiger partial charge in [-0.15, -0.1) is 0 Å². The van der Waals surface area contributed by atoms with Crippen LogP contribution in [0, 0.1) is 0 Å². The molecular weight excluding hydrogens is 244 g/mol. The Morgan fingerprint density at radius 1 is 1.44 bits per heavy atom. The molecule has 1 aliphatic heterocycles. The fourth-order valence-corrected chi connectivity index (χ4v) is 2.88. The van der Waals surface area contributed by atoms with Gasteiger partial charge in [0.25, 0.3) is 0 Å². The van der Waals surface area contributed by atoms with Gasteiger partial charge < -0.3 is 10.6 Å². The number of nitrogens with one attached hydrogen (secondary N) is 2. The molecule has 0 unspecified atom stereocenters. The minimum Gasteiger partial charge on any atom is -0.330 e. The standard InChI is InChI=1S/C13H16N4S/c1-2-12-16-13(18-17-12)15-11-5-3-4-9-8-14-7-6-10(9)11/h3-5,14H,2,6-8H2,1H3,(H,15,16,17). The SMILES string of the molecule is CCc1nsc(Nc2cccc3c2CCNC3)n1. The molecule has 0 aliphatic carbocycles. The Bertz CT molecular complexity index is 550. The highest BCUT2D eigenvalue weighted by atomic mass is 32.1. The third kappa shape index (κ3) is 2.23. The van der Waals surface area contributed by atoms with E-state index in [1.807, 2.05) is 0 Å². The van der Waals surface area contributed by atoms with Gasteiger partial charge in [0, 0.05) is 30.2 Å². The molecule has 1 aromatic carbocycles. The summed E-state index contributed by atoms with van der Waals surface area (Å²) in [5.41, 5.74) is 3.96. The quantitative estimate of drug-likeness (QED) is 0.890. The molecule has 3 rings (SSSR count). The summed E-state index contributed by atoms with van der Waals surface area (Å²) in [6.45, 7) is 4.07. The average Bonchev–Trinajstić information content (AvgIpc) is 2.87. The van der Waals surface area contributed by atoms with Gasteiger partial charge in [0.15, 0.2) is 0 Å². The number of hydrogen-bond donors (Lipinski definition) is 2. The highest BCUT2D eigenvalue weighted by molar-refractivity contribution is 7.09. The van der Waals surface area contributed by atoms with Crippen LogP contribution < -0.4 is 10.6 Å². The van der Waals surface area contributed by atoms with Crippen LogP contribution in [0.25, 0.3) is 0 Å². The van der Waals surface area contributed by atoms with E-state index in [9.17, 15) is 0 Å². The van der Waals surface area contributed by atoms with Crippen molar-refractivity contribution in [1.29, 1.82) is 0 Å². The second-order valence-electron chi connectivity index (χ2n) is 4.36. The highest BCUT2D eigenvalue weighted by Gasteiger charge is 2.13. The van der Waals surface area contributed by atoms with Crippen molar-refractivity contribution >= 4 is 22.4 Å². The van der Waals surface area contributed by atoms with Crippen LogP contribution in [-0.2, 0) is 19.4 Å². The van der Waals surface area contributed by atoms with E-state index >= 15 is 0 Å². The number of fused-ring (bicyclic) bond motifs is 1. The summed E-state index contributed by atoms with van der Waals surface area (Å²) < 4.78 is 4.30. The molecule has 0 saturated heterocycles. The summed E-state index contributed by atoms with van der Waals surface area (Å²) in [5, 5.41) is 7.68. The van der Waals surface area contributed by atoms with Crippen molar-refractivity contribution in [1.82, 2.24) is 14.7 Å². The first-order valence-electron chi connectivity index (χ1n) is 6.28. The van der Waals surface area contributed by atoms with Crippen LogP contribution in [0.15, 0.2) is 18.2 Å². The molecule has 0 spiro atoms. The van der Waals surface area contributed by atoms with E-state index in [0.29, 0.717) is 0 Å². The zero-order valence-corrected chi connectivity index (χ0v) is 11.2. The summed E-state index contributed by atoms with van der Waals surface area (Å²) in [5.74, 6) is 0.911. The smallest absolute Gasteiger partial charge is 0.207 e. The third-order valence-corrected chi connectivity index (χ3v) is 3.83. The van der Waals surface area contributed by atoms with Crippen LogP contribution >= 0.6 is 11.5 Å². The fourth-order valence-electron chi connectivity index (χ4n) is 2.21. The Balaban J connectivity index is 1.88. The molecule has 2 aromatic rings. The first-order valence-corrected chi connectivity index (χ1v) is 7.05. The fraction of sp³-hybridized carbons (Fsp3) is 0.385. The lowest BCUT2D eigenvalue weighted by Gasteiger charge is -2.20. The van der Waals surface area contributed by atoms with Gasteiger partial charge in [0.1, 0.15) is 5.82 Å². The van der Waals surface area contributed by atoms with Gasteiger partial charge in [0.2, 0.25) is 5.13 Å². The summed E-state index contributed by atoms with van der Waals surface area (Å²) in [4.78, 5) is 4.45. The minimum atomic E-state index is 0.884. The molecule has 1 aliphatic rings. The highest BCUT2D eigenvalue weighted by Crippen LogP contribution is 2.26. The summed E-state index contributed by atoms with van der Waals surface area (Å²) >= 11 is 1.43. The van der Waals surface area contributed by atoms with Crippen LogP contribution in [-0.4, -0.2) is 15.9 Å². The molecule has 0 radical (unpaired) electrons. The molecule has 0 amide bonds. The molecule has 0 atom stereocenters. The predicted octanol–water partition coefficient (Wildman–Crippen LogP) is 2.49. The third-order valence-electron chi connectivity index (χ3n) is 3.17. The maximum Gasteiger partial charge on any atom is 0.207 e. The van der Waals surface area contributed by atoms with E-state index in [1.54, 1.807) is 0 Å². The topological polar surface area (TPSA) is 49.8 Å². The maximum atomic E-state index is 4.45. The van der Waals surface area contributed by atoms with Gasteiger partial charge in [-0.05, 0) is 30.2 Å². The van der Waals surface area contributed by atoms with Crippen molar-refractivity contribution in [2.45, 2.75) is 26.3 Å². The number of hydrogen-bond acceptors (Lipinski definition) is 5. The predicted molar refractivity (Wildman–Crippen MR) is 74.4 cm³/mol. The van der Waals surface area contributed by atoms with Crippen molar-refractivity contribution < 1.29 is 0 Å². The Kier molecular flexibility index (Phi) is 3.25. The second kappa shape index (κ2) is 5.04. The van der Waals surface area contributed by atoms with E-state index in [0.717, 1.165) is 36.9 Å². The zero-order chi connectivity index (χ0) is 12.4. The molecule has 1 aromatic heterocycles. The van der Waals surface area contributed by atoms with E-state index < -0.39 is 0 Å². The van der Waals surface area contributed by atoms with Crippen molar-refractivity contribution in [2.75, 3.05) is 11.9 Å². The van der Waals surface area contributed by atoms with Gasteiger partial charge >= 0.3 is 0 Å². The van der Waals surface area contributed by atoms with Crippen LogP contribution in [0.5, 0.6) is 0 Å². The Morgan fingerprint density at radius 2 is 2.39 bits per heavy atom. The lowest BCUT2D eigenvalue weighted by Crippen LogP contribution is -2.24. The second-order valence-corrected chi connectivity index (χ2v) is 5.12. The van der Waals surface area contributed by atoms with Crippen molar-refractivity contribution in [3.8, 4) is 0 Å². The van der Waals surface area contributed by atoms with Gasteiger partial charge in [-0.2, -0.15) is 4.37 Å². The summed E-state index contributed by atoms with van der Waals surface area (Å²) in [6.07, 6.45) is 1.95. The number of nitrogens with zero attached hydrogens (tertiary/aromatic N) is 2. The van der Waals surface area contributed by atoms with E-state index in [1.165, 1.54) is 28.3 Å². The van der Waals surface area contributed by atoms with Gasteiger partial charge in [-0.3, -0.25) is 0 Å². The molecule has 0 bridgehead atoms. The van der Waals surface area contributed by atoms with Crippen molar-refractivity contribution in [3.05, 3.63) is 35.2 Å². The molecule has 0 fully saturated rings. The number of rotatable bonds is 3. The van der Waals surface area contributed by atoms with Crippen LogP contribution in [0.3, 0.4) is 0 Å². The van der Waals surface area contributed by atoms with E-state index in [-0.39, 0.29) is 0 Å². The average molecular weight is 260 g/mol.